The van der Waals surface area contributed by atoms with Gasteiger partial charge in [0.25, 0.3) is 0 Å². The Labute approximate surface area is 160 Å². The summed E-state index contributed by atoms with van der Waals surface area (Å²) in [7, 11) is 4.88. The first kappa shape index (κ1) is 20.5. The Morgan fingerprint density at radius 3 is 2.41 bits per heavy atom. The molecule has 0 radical (unpaired) electrons. The van der Waals surface area contributed by atoms with Crippen LogP contribution in [0.2, 0.25) is 0 Å². The number of hydrogen-bond acceptors (Lipinski definition) is 4. The van der Waals surface area contributed by atoms with Crippen molar-refractivity contribution in [3.63, 3.8) is 0 Å². The first-order chi connectivity index (χ1) is 12.9. The minimum absolute atomic E-state index is 0.00286. The standard InChI is InChI=1S/C22H27NO4/c1-15-9-10-16(2)18(13-15)19(24)11-12-21(25)23(3)14-17-7-6-8-20(26-4)22(17)27-5/h6-10,13H,11-12,14H2,1-5H3. The number of carbonyl (C=O) groups excluding carboxylic acids is 2. The molecule has 0 aliphatic rings. The molecule has 0 aliphatic heterocycles. The highest BCUT2D eigenvalue weighted by atomic mass is 16.5. The van der Waals surface area contributed by atoms with Crippen molar-refractivity contribution in [3.05, 3.63) is 58.7 Å². The quantitative estimate of drug-likeness (QED) is 0.661. The molecule has 0 aromatic heterocycles. The largest absolute Gasteiger partial charge is 0.493 e. The second-order valence-corrected chi connectivity index (χ2v) is 6.64. The predicted octanol–water partition coefficient (Wildman–Crippen LogP) is 3.94. The van der Waals surface area contributed by atoms with Crippen LogP contribution in [0.3, 0.4) is 0 Å². The number of nitrogens with zero attached hydrogens (tertiary/aromatic N) is 1. The number of para-hydroxylation sites is 1. The van der Waals surface area contributed by atoms with Crippen molar-refractivity contribution in [2.75, 3.05) is 21.3 Å². The van der Waals surface area contributed by atoms with Crippen LogP contribution in [-0.4, -0.2) is 37.9 Å². The normalized spacial score (nSPS) is 10.4. The number of carbonyl (C=O) groups is 2. The third-order valence-corrected chi connectivity index (χ3v) is 4.58. The van der Waals surface area contributed by atoms with Crippen LogP contribution < -0.4 is 9.47 Å². The Morgan fingerprint density at radius 2 is 1.74 bits per heavy atom. The zero-order valence-corrected chi connectivity index (χ0v) is 16.7. The monoisotopic (exact) mass is 369 g/mol. The maximum Gasteiger partial charge on any atom is 0.223 e. The second-order valence-electron chi connectivity index (χ2n) is 6.64. The van der Waals surface area contributed by atoms with Gasteiger partial charge in [-0.25, -0.2) is 0 Å². The summed E-state index contributed by atoms with van der Waals surface area (Å²) in [6, 6.07) is 11.4. The van der Waals surface area contributed by atoms with Crippen LogP contribution in [0.1, 0.15) is 39.9 Å². The van der Waals surface area contributed by atoms with Crippen LogP contribution in [0, 0.1) is 13.8 Å². The molecule has 5 nitrogen and oxygen atoms in total. The summed E-state index contributed by atoms with van der Waals surface area (Å²) in [6.45, 7) is 4.25. The lowest BCUT2D eigenvalue weighted by Crippen LogP contribution is -2.26. The number of amides is 1. The van der Waals surface area contributed by atoms with Crippen molar-refractivity contribution in [1.29, 1.82) is 0 Å². The number of ether oxygens (including phenoxy) is 2. The smallest absolute Gasteiger partial charge is 0.223 e. The van der Waals surface area contributed by atoms with Gasteiger partial charge in [-0.1, -0.05) is 29.8 Å². The van der Waals surface area contributed by atoms with E-state index in [-0.39, 0.29) is 24.5 Å². The molecule has 0 spiro atoms. The number of Topliss-reactive ketones (excluding diaryl/α,β-unsaturated/α-hetero) is 1. The van der Waals surface area contributed by atoms with Gasteiger partial charge in [0.05, 0.1) is 14.2 Å². The minimum atomic E-state index is -0.0847. The zero-order valence-electron chi connectivity index (χ0n) is 16.7. The first-order valence-electron chi connectivity index (χ1n) is 8.91. The highest BCUT2D eigenvalue weighted by Crippen LogP contribution is 2.31. The van der Waals surface area contributed by atoms with Crippen molar-refractivity contribution in [3.8, 4) is 11.5 Å². The molecule has 0 aliphatic carbocycles. The van der Waals surface area contributed by atoms with Crippen molar-refractivity contribution in [2.24, 2.45) is 0 Å². The lowest BCUT2D eigenvalue weighted by molar-refractivity contribution is -0.130. The summed E-state index contributed by atoms with van der Waals surface area (Å²) in [4.78, 5) is 26.6. The molecule has 0 atom stereocenters. The van der Waals surface area contributed by atoms with Gasteiger partial charge in [-0.2, -0.15) is 0 Å². The Bertz CT molecular complexity index is 829. The van der Waals surface area contributed by atoms with Gasteiger partial charge in [-0.05, 0) is 31.5 Å². The summed E-state index contributed by atoms with van der Waals surface area (Å²) in [5.41, 5.74) is 3.53. The molecule has 2 rings (SSSR count). The Kier molecular flexibility index (Phi) is 6.99. The summed E-state index contributed by atoms with van der Waals surface area (Å²) < 4.78 is 10.7. The average molecular weight is 369 g/mol. The lowest BCUT2D eigenvalue weighted by Gasteiger charge is -2.20. The van der Waals surface area contributed by atoms with E-state index in [2.05, 4.69) is 0 Å². The van der Waals surface area contributed by atoms with Crippen molar-refractivity contribution >= 4 is 11.7 Å². The molecule has 0 heterocycles. The molecule has 0 unspecified atom stereocenters. The van der Waals surface area contributed by atoms with E-state index in [1.165, 1.54) is 0 Å². The molecular weight excluding hydrogens is 342 g/mol. The van der Waals surface area contributed by atoms with Gasteiger partial charge in [0.15, 0.2) is 17.3 Å². The Morgan fingerprint density at radius 1 is 1.00 bits per heavy atom. The van der Waals surface area contributed by atoms with E-state index < -0.39 is 0 Å². The van der Waals surface area contributed by atoms with Crippen molar-refractivity contribution < 1.29 is 19.1 Å². The molecule has 0 fully saturated rings. The van der Waals surface area contributed by atoms with Crippen LogP contribution in [0.25, 0.3) is 0 Å². The number of aryl methyl sites for hydroxylation is 2. The van der Waals surface area contributed by atoms with E-state index in [4.69, 9.17) is 9.47 Å². The molecular formula is C22H27NO4. The van der Waals surface area contributed by atoms with Gasteiger partial charge in [-0.3, -0.25) is 9.59 Å². The predicted molar refractivity (Wildman–Crippen MR) is 106 cm³/mol. The van der Waals surface area contributed by atoms with E-state index in [0.717, 1.165) is 16.7 Å². The van der Waals surface area contributed by atoms with Crippen LogP contribution >= 0.6 is 0 Å². The SMILES string of the molecule is COc1cccc(CN(C)C(=O)CCC(=O)c2cc(C)ccc2C)c1OC. The van der Waals surface area contributed by atoms with Gasteiger partial charge in [0.1, 0.15) is 0 Å². The van der Waals surface area contributed by atoms with E-state index in [0.29, 0.717) is 23.6 Å². The third kappa shape index (κ3) is 5.09. The van der Waals surface area contributed by atoms with Gasteiger partial charge in [0.2, 0.25) is 5.91 Å². The number of rotatable bonds is 8. The Hall–Kier alpha value is -2.82. The van der Waals surface area contributed by atoms with Gasteiger partial charge >= 0.3 is 0 Å². The number of methoxy groups -OCH3 is 2. The Balaban J connectivity index is 2.00. The van der Waals surface area contributed by atoms with Crippen molar-refractivity contribution in [2.45, 2.75) is 33.2 Å². The molecule has 0 N–H and O–H groups in total. The topological polar surface area (TPSA) is 55.8 Å². The van der Waals surface area contributed by atoms with Crippen LogP contribution in [0.15, 0.2) is 36.4 Å². The fourth-order valence-electron chi connectivity index (χ4n) is 3.00. The van der Waals surface area contributed by atoms with Crippen LogP contribution in [0.4, 0.5) is 0 Å². The molecule has 0 saturated carbocycles. The molecule has 1 amide bonds. The van der Waals surface area contributed by atoms with Crippen LogP contribution in [-0.2, 0) is 11.3 Å². The minimum Gasteiger partial charge on any atom is -0.493 e. The molecule has 5 heteroatoms. The summed E-state index contributed by atoms with van der Waals surface area (Å²) in [6.07, 6.45) is 0.373. The zero-order chi connectivity index (χ0) is 20.0. The average Bonchev–Trinajstić information content (AvgIpc) is 2.67. The first-order valence-corrected chi connectivity index (χ1v) is 8.91. The molecule has 2 aromatic carbocycles. The highest BCUT2D eigenvalue weighted by molar-refractivity contribution is 5.99. The van der Waals surface area contributed by atoms with E-state index in [1.807, 2.05) is 50.2 Å². The third-order valence-electron chi connectivity index (χ3n) is 4.58. The summed E-state index contributed by atoms with van der Waals surface area (Å²) >= 11 is 0. The van der Waals surface area contributed by atoms with E-state index >= 15 is 0 Å². The second kappa shape index (κ2) is 9.21. The van der Waals surface area contributed by atoms with Crippen LogP contribution in [0.5, 0.6) is 11.5 Å². The van der Waals surface area contributed by atoms with Gasteiger partial charge in [-0.15, -0.1) is 0 Å². The van der Waals surface area contributed by atoms with E-state index in [9.17, 15) is 9.59 Å². The van der Waals surface area contributed by atoms with Gasteiger partial charge in [0, 0.05) is 37.6 Å². The molecule has 144 valence electrons. The number of hydrogen-bond donors (Lipinski definition) is 0. The molecule has 0 saturated heterocycles. The number of ketones is 1. The molecule has 27 heavy (non-hydrogen) atoms. The van der Waals surface area contributed by atoms with Crippen molar-refractivity contribution in [1.82, 2.24) is 4.90 Å². The fraction of sp³-hybridized carbons (Fsp3) is 0.364. The number of benzene rings is 2. The van der Waals surface area contributed by atoms with E-state index in [1.54, 1.807) is 26.2 Å². The molecule has 2 aromatic rings. The maximum atomic E-state index is 12.5. The van der Waals surface area contributed by atoms with Gasteiger partial charge < -0.3 is 14.4 Å². The highest BCUT2D eigenvalue weighted by Gasteiger charge is 2.17. The summed E-state index contributed by atoms with van der Waals surface area (Å²) in [5.74, 6) is 1.16. The fourth-order valence-corrected chi connectivity index (χ4v) is 3.00. The molecule has 0 bridgehead atoms. The lowest BCUT2D eigenvalue weighted by atomic mass is 9.99. The maximum absolute atomic E-state index is 12.5. The summed E-state index contributed by atoms with van der Waals surface area (Å²) in [5, 5.41) is 0.